The van der Waals surface area contributed by atoms with E-state index in [2.05, 4.69) is 5.32 Å². The maximum absolute atomic E-state index is 13.0. The SMILES string of the molecule is COCC1(COC(=O)Nc2ccccc2)CS(=O)(=O)c2ccccc2C1=O. The van der Waals surface area contributed by atoms with Crippen molar-refractivity contribution in [1.29, 1.82) is 0 Å². The van der Waals surface area contributed by atoms with Gasteiger partial charge in [0.2, 0.25) is 0 Å². The van der Waals surface area contributed by atoms with Crippen LogP contribution in [-0.4, -0.2) is 46.4 Å². The second-order valence-electron chi connectivity index (χ2n) is 6.36. The maximum Gasteiger partial charge on any atom is 0.411 e. The predicted octanol–water partition coefficient (Wildman–Crippen LogP) is 2.54. The second-order valence-corrected chi connectivity index (χ2v) is 8.32. The summed E-state index contributed by atoms with van der Waals surface area (Å²) in [7, 11) is -2.36. The summed E-state index contributed by atoms with van der Waals surface area (Å²) in [6, 6.07) is 14.7. The van der Waals surface area contributed by atoms with Gasteiger partial charge in [-0.05, 0) is 18.2 Å². The largest absolute Gasteiger partial charge is 0.448 e. The molecular weight excluding hydrogens is 370 g/mol. The number of methoxy groups -OCH3 is 1. The Morgan fingerprint density at radius 1 is 1.07 bits per heavy atom. The number of amides is 1. The Labute approximate surface area is 157 Å². The Balaban J connectivity index is 1.84. The van der Waals surface area contributed by atoms with Gasteiger partial charge in [-0.25, -0.2) is 13.2 Å². The van der Waals surface area contributed by atoms with Crippen LogP contribution in [0.2, 0.25) is 0 Å². The average Bonchev–Trinajstić information content (AvgIpc) is 2.65. The number of ether oxygens (including phenoxy) is 2. The normalized spacial score (nSPS) is 20.6. The van der Waals surface area contributed by atoms with Gasteiger partial charge in [0, 0.05) is 18.4 Å². The number of Topliss-reactive ketones (excluding diaryl/α,β-unsaturated/α-hetero) is 1. The number of rotatable bonds is 5. The van der Waals surface area contributed by atoms with Crippen molar-refractivity contribution in [2.45, 2.75) is 4.90 Å². The first-order valence-electron chi connectivity index (χ1n) is 8.22. The smallest absolute Gasteiger partial charge is 0.411 e. The van der Waals surface area contributed by atoms with E-state index in [9.17, 15) is 18.0 Å². The molecule has 1 N–H and O–H groups in total. The van der Waals surface area contributed by atoms with E-state index in [0.717, 1.165) is 0 Å². The van der Waals surface area contributed by atoms with Gasteiger partial charge in [-0.2, -0.15) is 0 Å². The first kappa shape index (κ1) is 19.1. The van der Waals surface area contributed by atoms with Gasteiger partial charge in [0.05, 0.1) is 17.3 Å². The van der Waals surface area contributed by atoms with Gasteiger partial charge in [0.25, 0.3) is 0 Å². The monoisotopic (exact) mass is 389 g/mol. The number of benzene rings is 2. The summed E-state index contributed by atoms with van der Waals surface area (Å²) in [6.45, 7) is -0.593. The second kappa shape index (κ2) is 7.50. The van der Waals surface area contributed by atoms with Crippen LogP contribution in [0.4, 0.5) is 10.5 Å². The molecule has 0 fully saturated rings. The van der Waals surface area contributed by atoms with Crippen molar-refractivity contribution in [1.82, 2.24) is 0 Å². The Bertz CT molecular complexity index is 957. The maximum atomic E-state index is 13.0. The predicted molar refractivity (Wildman–Crippen MR) is 98.5 cm³/mol. The van der Waals surface area contributed by atoms with Crippen molar-refractivity contribution in [3.63, 3.8) is 0 Å². The van der Waals surface area contributed by atoms with Crippen molar-refractivity contribution in [2.75, 3.05) is 31.4 Å². The van der Waals surface area contributed by atoms with Gasteiger partial charge in [0.15, 0.2) is 15.6 Å². The zero-order chi connectivity index (χ0) is 19.5. The number of carbonyl (C=O) groups is 2. The molecule has 1 aliphatic rings. The topological polar surface area (TPSA) is 98.8 Å². The van der Waals surface area contributed by atoms with E-state index in [4.69, 9.17) is 9.47 Å². The highest BCUT2D eigenvalue weighted by Gasteiger charge is 2.50. The molecule has 0 aromatic heterocycles. The van der Waals surface area contributed by atoms with Crippen molar-refractivity contribution >= 4 is 27.4 Å². The highest BCUT2D eigenvalue weighted by atomic mass is 32.2. The minimum atomic E-state index is -3.72. The number of hydrogen-bond acceptors (Lipinski definition) is 6. The summed E-state index contributed by atoms with van der Waals surface area (Å²) < 4.78 is 35.7. The van der Waals surface area contributed by atoms with Crippen LogP contribution in [0.5, 0.6) is 0 Å². The van der Waals surface area contributed by atoms with Crippen molar-refractivity contribution in [3.05, 3.63) is 60.2 Å². The average molecular weight is 389 g/mol. The van der Waals surface area contributed by atoms with E-state index in [1.165, 1.54) is 19.2 Å². The van der Waals surface area contributed by atoms with Gasteiger partial charge in [-0.15, -0.1) is 0 Å². The van der Waals surface area contributed by atoms with Gasteiger partial charge in [-0.1, -0.05) is 36.4 Å². The molecule has 1 heterocycles. The van der Waals surface area contributed by atoms with E-state index in [1.807, 2.05) is 0 Å². The first-order chi connectivity index (χ1) is 12.9. The van der Waals surface area contributed by atoms with Gasteiger partial charge >= 0.3 is 6.09 Å². The third-order valence-corrected chi connectivity index (χ3v) is 6.29. The fraction of sp³-hybridized carbons (Fsp3) is 0.263. The number of carbonyl (C=O) groups excluding carboxylic acids is 2. The first-order valence-corrected chi connectivity index (χ1v) is 9.88. The number of hydrogen-bond donors (Lipinski definition) is 1. The molecule has 1 amide bonds. The highest BCUT2D eigenvalue weighted by Crippen LogP contribution is 2.36. The summed E-state index contributed by atoms with van der Waals surface area (Å²) in [5.41, 5.74) is -0.875. The molecule has 0 saturated heterocycles. The summed E-state index contributed by atoms with van der Waals surface area (Å²) in [5, 5.41) is 2.53. The fourth-order valence-corrected chi connectivity index (χ4v) is 5.09. The number of ketones is 1. The Morgan fingerprint density at radius 2 is 1.74 bits per heavy atom. The molecule has 3 rings (SSSR count). The standard InChI is InChI=1S/C19H19NO6S/c1-25-11-19(12-26-18(22)20-14-7-3-2-4-8-14)13-27(23,24)16-10-6-5-9-15(16)17(19)21/h2-10H,11-13H2,1H3,(H,20,22). The number of fused-ring (bicyclic) bond motifs is 1. The number of anilines is 1. The van der Waals surface area contributed by atoms with Crippen LogP contribution < -0.4 is 5.32 Å². The molecule has 0 spiro atoms. The van der Waals surface area contributed by atoms with Crippen LogP contribution in [-0.2, 0) is 19.3 Å². The molecule has 1 aliphatic heterocycles. The van der Waals surface area contributed by atoms with Gasteiger partial charge in [-0.3, -0.25) is 10.1 Å². The molecule has 0 radical (unpaired) electrons. The third-order valence-electron chi connectivity index (χ3n) is 4.34. The van der Waals surface area contributed by atoms with Crippen molar-refractivity contribution < 1.29 is 27.5 Å². The molecule has 8 heteroatoms. The number of para-hydroxylation sites is 1. The Morgan fingerprint density at radius 3 is 2.44 bits per heavy atom. The molecule has 1 atom stereocenters. The van der Waals surface area contributed by atoms with E-state index >= 15 is 0 Å². The van der Waals surface area contributed by atoms with Crippen LogP contribution in [0.1, 0.15) is 10.4 Å². The summed E-state index contributed by atoms with van der Waals surface area (Å²) in [6.07, 6.45) is -0.777. The third kappa shape index (κ3) is 3.86. The summed E-state index contributed by atoms with van der Waals surface area (Å²) >= 11 is 0. The zero-order valence-corrected chi connectivity index (χ0v) is 15.5. The summed E-state index contributed by atoms with van der Waals surface area (Å²) in [5.74, 6) is -0.898. The van der Waals surface area contributed by atoms with Crippen LogP contribution in [0, 0.1) is 5.41 Å². The van der Waals surface area contributed by atoms with Crippen LogP contribution in [0.15, 0.2) is 59.5 Å². The highest BCUT2D eigenvalue weighted by molar-refractivity contribution is 7.91. The molecule has 1 unspecified atom stereocenters. The zero-order valence-electron chi connectivity index (χ0n) is 14.7. The van der Waals surface area contributed by atoms with E-state index in [1.54, 1.807) is 42.5 Å². The summed E-state index contributed by atoms with van der Waals surface area (Å²) in [4.78, 5) is 25.1. The van der Waals surface area contributed by atoms with Crippen LogP contribution >= 0.6 is 0 Å². The number of nitrogens with one attached hydrogen (secondary N) is 1. The minimum absolute atomic E-state index is 0.00420. The molecule has 0 saturated carbocycles. The Kier molecular flexibility index (Phi) is 5.29. The molecule has 27 heavy (non-hydrogen) atoms. The fourth-order valence-electron chi connectivity index (χ4n) is 3.13. The molecule has 0 bridgehead atoms. The van der Waals surface area contributed by atoms with Crippen molar-refractivity contribution in [3.8, 4) is 0 Å². The van der Waals surface area contributed by atoms with Crippen LogP contribution in [0.3, 0.4) is 0 Å². The molecular formula is C19H19NO6S. The molecule has 0 aliphatic carbocycles. The lowest BCUT2D eigenvalue weighted by atomic mass is 9.83. The molecule has 2 aromatic carbocycles. The van der Waals surface area contributed by atoms with Gasteiger partial charge < -0.3 is 9.47 Å². The minimum Gasteiger partial charge on any atom is -0.448 e. The molecule has 2 aromatic rings. The lowest BCUT2D eigenvalue weighted by Crippen LogP contribution is -2.49. The van der Waals surface area contributed by atoms with Crippen molar-refractivity contribution in [2.24, 2.45) is 5.41 Å². The van der Waals surface area contributed by atoms with E-state index < -0.39 is 39.5 Å². The van der Waals surface area contributed by atoms with Crippen LogP contribution in [0.25, 0.3) is 0 Å². The molecule has 7 nitrogen and oxygen atoms in total. The Hall–Kier alpha value is -2.71. The van der Waals surface area contributed by atoms with E-state index in [0.29, 0.717) is 5.69 Å². The lowest BCUT2D eigenvalue weighted by Gasteiger charge is -2.34. The van der Waals surface area contributed by atoms with E-state index in [-0.39, 0.29) is 17.1 Å². The number of sulfone groups is 1. The van der Waals surface area contributed by atoms with Gasteiger partial charge in [0.1, 0.15) is 12.0 Å². The quantitative estimate of drug-likeness (QED) is 0.844. The molecule has 142 valence electrons. The lowest BCUT2D eigenvalue weighted by molar-refractivity contribution is 0.0306.